The molecule has 0 amide bonds. The lowest BCUT2D eigenvalue weighted by Gasteiger charge is -2.19. The van der Waals surface area contributed by atoms with Gasteiger partial charge < -0.3 is 10.5 Å². The lowest BCUT2D eigenvalue weighted by atomic mass is 9.87. The summed E-state index contributed by atoms with van der Waals surface area (Å²) in [5.74, 6) is 0. The highest BCUT2D eigenvalue weighted by atomic mass is 16.5. The molecule has 0 aromatic heterocycles. The van der Waals surface area contributed by atoms with Crippen LogP contribution in [0.4, 0.5) is 0 Å². The molecule has 0 fully saturated rings. The van der Waals surface area contributed by atoms with Crippen LogP contribution in [0.5, 0.6) is 0 Å². The first-order chi connectivity index (χ1) is 8.54. The molecule has 0 aliphatic rings. The number of nitrogens with two attached hydrogens (primary N) is 1. The molecule has 0 radical (unpaired) electrons. The second-order valence-electron chi connectivity index (χ2n) is 5.85. The molecule has 1 aromatic rings. The van der Waals surface area contributed by atoms with E-state index in [1.165, 1.54) is 17.5 Å². The number of benzene rings is 1. The van der Waals surface area contributed by atoms with E-state index in [-0.39, 0.29) is 5.41 Å². The molecule has 102 valence electrons. The number of rotatable bonds is 7. The molecule has 1 rings (SSSR count). The zero-order valence-corrected chi connectivity index (χ0v) is 12.0. The van der Waals surface area contributed by atoms with Crippen LogP contribution in [0.15, 0.2) is 24.3 Å². The molecule has 0 aliphatic heterocycles. The zero-order chi connectivity index (χ0) is 13.4. The zero-order valence-electron chi connectivity index (χ0n) is 12.0. The first-order valence-corrected chi connectivity index (χ1v) is 6.91. The number of ether oxygens (including phenoxy) is 1. The summed E-state index contributed by atoms with van der Waals surface area (Å²) in [5, 5.41) is 0. The Morgan fingerprint density at radius 1 is 1.00 bits per heavy atom. The average Bonchev–Trinajstić information content (AvgIpc) is 2.33. The minimum Gasteiger partial charge on any atom is -0.377 e. The van der Waals surface area contributed by atoms with Gasteiger partial charge in [-0.25, -0.2) is 0 Å². The quantitative estimate of drug-likeness (QED) is 0.749. The number of hydrogen-bond acceptors (Lipinski definition) is 2. The molecule has 0 bridgehead atoms. The van der Waals surface area contributed by atoms with Gasteiger partial charge in [-0.15, -0.1) is 0 Å². The molecule has 0 aliphatic carbocycles. The lowest BCUT2D eigenvalue weighted by Crippen LogP contribution is -2.10. The lowest BCUT2D eigenvalue weighted by molar-refractivity contribution is 0.117. The third kappa shape index (κ3) is 5.65. The highest BCUT2D eigenvalue weighted by Crippen LogP contribution is 2.22. The van der Waals surface area contributed by atoms with Crippen LogP contribution < -0.4 is 5.73 Å². The van der Waals surface area contributed by atoms with E-state index in [1.807, 2.05) is 0 Å². The Labute approximate surface area is 112 Å². The molecular weight excluding hydrogens is 222 g/mol. The third-order valence-electron chi connectivity index (χ3n) is 3.08. The maximum atomic E-state index is 5.65. The Hall–Kier alpha value is -0.860. The highest BCUT2D eigenvalue weighted by molar-refractivity contribution is 5.27. The Bertz CT molecular complexity index is 324. The predicted molar refractivity (Wildman–Crippen MR) is 77.7 cm³/mol. The summed E-state index contributed by atoms with van der Waals surface area (Å²) >= 11 is 0. The first-order valence-electron chi connectivity index (χ1n) is 6.91. The molecule has 18 heavy (non-hydrogen) atoms. The van der Waals surface area contributed by atoms with Gasteiger partial charge in [0.05, 0.1) is 6.61 Å². The van der Waals surface area contributed by atoms with E-state index in [1.54, 1.807) is 0 Å². The second-order valence-corrected chi connectivity index (χ2v) is 5.85. The molecule has 2 nitrogen and oxygen atoms in total. The molecule has 0 saturated heterocycles. The summed E-state index contributed by atoms with van der Waals surface area (Å²) in [6.07, 6.45) is 3.38. The number of hydrogen-bond donors (Lipinski definition) is 1. The summed E-state index contributed by atoms with van der Waals surface area (Å²) < 4.78 is 5.65. The Kier molecular flexibility index (Phi) is 6.37. The number of unbranched alkanes of at least 4 members (excludes halogenated alkanes) is 2. The van der Waals surface area contributed by atoms with Gasteiger partial charge in [0.2, 0.25) is 0 Å². The molecule has 2 N–H and O–H groups in total. The van der Waals surface area contributed by atoms with Gasteiger partial charge in [-0.1, -0.05) is 45.0 Å². The van der Waals surface area contributed by atoms with Crippen LogP contribution in [-0.2, 0) is 16.8 Å². The first kappa shape index (κ1) is 15.2. The minimum absolute atomic E-state index is 0.224. The van der Waals surface area contributed by atoms with Crippen LogP contribution in [0.2, 0.25) is 0 Å². The highest BCUT2D eigenvalue weighted by Gasteiger charge is 2.12. The summed E-state index contributed by atoms with van der Waals surface area (Å²) in [6.45, 7) is 9.03. The van der Waals surface area contributed by atoms with Gasteiger partial charge in [0.1, 0.15) is 0 Å². The van der Waals surface area contributed by atoms with Crippen molar-refractivity contribution < 1.29 is 4.74 Å². The van der Waals surface area contributed by atoms with Crippen molar-refractivity contribution in [3.8, 4) is 0 Å². The summed E-state index contributed by atoms with van der Waals surface area (Å²) in [7, 11) is 0. The van der Waals surface area contributed by atoms with Crippen molar-refractivity contribution in [1.82, 2.24) is 0 Å². The normalized spacial score (nSPS) is 11.8. The standard InChI is InChI=1S/C16H27NO/c1-16(2,3)15-9-7-14(8-10-15)13-18-12-6-4-5-11-17/h7-10H,4-6,11-13,17H2,1-3H3. The van der Waals surface area contributed by atoms with E-state index < -0.39 is 0 Å². The summed E-state index contributed by atoms with van der Waals surface area (Å²) in [5.41, 5.74) is 8.29. The maximum absolute atomic E-state index is 5.65. The second kappa shape index (κ2) is 7.55. The van der Waals surface area contributed by atoms with Crippen LogP contribution in [0.25, 0.3) is 0 Å². The SMILES string of the molecule is CC(C)(C)c1ccc(COCCCCCN)cc1. The smallest absolute Gasteiger partial charge is 0.0716 e. The van der Waals surface area contributed by atoms with Crippen molar-refractivity contribution in [3.05, 3.63) is 35.4 Å². The minimum atomic E-state index is 0.224. The summed E-state index contributed by atoms with van der Waals surface area (Å²) in [4.78, 5) is 0. The van der Waals surface area contributed by atoms with E-state index in [0.29, 0.717) is 6.61 Å². The van der Waals surface area contributed by atoms with Gasteiger partial charge in [0.15, 0.2) is 0 Å². The van der Waals surface area contributed by atoms with Gasteiger partial charge >= 0.3 is 0 Å². The van der Waals surface area contributed by atoms with Gasteiger partial charge in [-0.3, -0.25) is 0 Å². The van der Waals surface area contributed by atoms with Crippen LogP contribution in [-0.4, -0.2) is 13.2 Å². The monoisotopic (exact) mass is 249 g/mol. The Balaban J connectivity index is 2.27. The maximum Gasteiger partial charge on any atom is 0.0716 e. The molecule has 0 saturated carbocycles. The van der Waals surface area contributed by atoms with Gasteiger partial charge in [0, 0.05) is 6.61 Å². The molecule has 2 heteroatoms. The Morgan fingerprint density at radius 2 is 1.67 bits per heavy atom. The van der Waals surface area contributed by atoms with E-state index in [2.05, 4.69) is 45.0 Å². The molecule has 0 unspecified atom stereocenters. The van der Waals surface area contributed by atoms with Crippen molar-refractivity contribution >= 4 is 0 Å². The van der Waals surface area contributed by atoms with Gasteiger partial charge in [-0.05, 0) is 42.3 Å². The van der Waals surface area contributed by atoms with Gasteiger partial charge in [-0.2, -0.15) is 0 Å². The Morgan fingerprint density at radius 3 is 2.22 bits per heavy atom. The third-order valence-corrected chi connectivity index (χ3v) is 3.08. The van der Waals surface area contributed by atoms with E-state index in [4.69, 9.17) is 10.5 Å². The van der Waals surface area contributed by atoms with Gasteiger partial charge in [0.25, 0.3) is 0 Å². The molecule has 0 spiro atoms. The molecular formula is C16H27NO. The van der Waals surface area contributed by atoms with E-state index in [9.17, 15) is 0 Å². The molecule has 1 aromatic carbocycles. The van der Waals surface area contributed by atoms with Crippen molar-refractivity contribution in [2.24, 2.45) is 5.73 Å². The van der Waals surface area contributed by atoms with Crippen LogP contribution in [0, 0.1) is 0 Å². The molecule has 0 heterocycles. The van der Waals surface area contributed by atoms with Crippen molar-refractivity contribution in [2.45, 2.75) is 52.1 Å². The summed E-state index contributed by atoms with van der Waals surface area (Å²) in [6, 6.07) is 8.74. The van der Waals surface area contributed by atoms with Crippen molar-refractivity contribution in [1.29, 1.82) is 0 Å². The van der Waals surface area contributed by atoms with Crippen LogP contribution in [0.1, 0.15) is 51.2 Å². The largest absolute Gasteiger partial charge is 0.377 e. The van der Waals surface area contributed by atoms with Crippen LogP contribution in [0.3, 0.4) is 0 Å². The fourth-order valence-electron chi connectivity index (χ4n) is 1.82. The molecule has 0 atom stereocenters. The fraction of sp³-hybridized carbons (Fsp3) is 0.625. The van der Waals surface area contributed by atoms with Crippen molar-refractivity contribution in [3.63, 3.8) is 0 Å². The topological polar surface area (TPSA) is 35.2 Å². The van der Waals surface area contributed by atoms with E-state index in [0.717, 1.165) is 26.0 Å². The van der Waals surface area contributed by atoms with E-state index >= 15 is 0 Å². The average molecular weight is 249 g/mol. The van der Waals surface area contributed by atoms with Crippen LogP contribution >= 0.6 is 0 Å². The predicted octanol–water partition coefficient (Wildman–Crippen LogP) is 3.63. The fourth-order valence-corrected chi connectivity index (χ4v) is 1.82. The van der Waals surface area contributed by atoms with Crippen molar-refractivity contribution in [2.75, 3.05) is 13.2 Å².